The van der Waals surface area contributed by atoms with Crippen molar-refractivity contribution in [3.63, 3.8) is 0 Å². The van der Waals surface area contributed by atoms with Gasteiger partial charge in [-0.05, 0) is 61.6 Å². The highest BCUT2D eigenvalue weighted by molar-refractivity contribution is 6.06. The van der Waals surface area contributed by atoms with Gasteiger partial charge in [0.1, 0.15) is 5.82 Å². The molecule has 1 aromatic heterocycles. The average molecular weight is 315 g/mol. The van der Waals surface area contributed by atoms with Crippen molar-refractivity contribution in [2.24, 2.45) is 17.4 Å². The summed E-state index contributed by atoms with van der Waals surface area (Å²) in [4.78, 5) is 15.0. The third-order valence-corrected chi connectivity index (χ3v) is 5.66. The van der Waals surface area contributed by atoms with Gasteiger partial charge in [0.05, 0.1) is 11.1 Å². The Morgan fingerprint density at radius 1 is 1.26 bits per heavy atom. The Morgan fingerprint density at radius 2 is 2.09 bits per heavy atom. The maximum atomic E-state index is 14.0. The van der Waals surface area contributed by atoms with Gasteiger partial charge in [0.15, 0.2) is 0 Å². The molecule has 122 valence electrons. The topological polar surface area (TPSA) is 84.9 Å². The highest BCUT2D eigenvalue weighted by Gasteiger charge is 2.35. The molecule has 0 saturated heterocycles. The molecule has 2 aliphatic rings. The molecule has 0 spiro atoms. The number of hydrogen-bond donors (Lipinski definition) is 3. The third-order valence-electron chi connectivity index (χ3n) is 5.66. The van der Waals surface area contributed by atoms with E-state index in [1.54, 1.807) is 0 Å². The summed E-state index contributed by atoms with van der Waals surface area (Å²) >= 11 is 0. The van der Waals surface area contributed by atoms with E-state index in [2.05, 4.69) is 4.98 Å². The number of primary amides is 1. The summed E-state index contributed by atoms with van der Waals surface area (Å²) in [7, 11) is 0. The van der Waals surface area contributed by atoms with E-state index in [0.29, 0.717) is 17.4 Å². The van der Waals surface area contributed by atoms with Gasteiger partial charge >= 0.3 is 0 Å². The molecular formula is C18H22FN3O. The summed E-state index contributed by atoms with van der Waals surface area (Å²) in [5.41, 5.74) is 14.8. The number of halogens is 1. The number of rotatable bonds is 2. The number of amides is 1. The Kier molecular flexibility index (Phi) is 3.41. The van der Waals surface area contributed by atoms with E-state index in [1.807, 2.05) is 0 Å². The summed E-state index contributed by atoms with van der Waals surface area (Å²) in [6, 6.07) is 3.04. The van der Waals surface area contributed by atoms with Gasteiger partial charge in [-0.15, -0.1) is 0 Å². The Hall–Kier alpha value is -1.88. The second kappa shape index (κ2) is 5.34. The van der Waals surface area contributed by atoms with Crippen molar-refractivity contribution in [2.75, 3.05) is 0 Å². The first-order valence-electron chi connectivity index (χ1n) is 8.44. The van der Waals surface area contributed by atoms with Crippen LogP contribution in [0.3, 0.4) is 0 Å². The predicted octanol–water partition coefficient (Wildman–Crippen LogP) is 2.95. The summed E-state index contributed by atoms with van der Waals surface area (Å²) in [5.74, 6) is -0.0309. The molecule has 0 bridgehead atoms. The molecule has 5 heteroatoms. The SMILES string of the molecule is NC(=O)c1cc(F)cc2c3c([nH]c12)CCC3[C@H]1CCC[C@H](N)C1. The lowest BCUT2D eigenvalue weighted by Crippen LogP contribution is -2.30. The molecular weight excluding hydrogens is 293 g/mol. The van der Waals surface area contributed by atoms with E-state index in [0.717, 1.165) is 36.8 Å². The van der Waals surface area contributed by atoms with Crippen LogP contribution >= 0.6 is 0 Å². The Labute approximate surface area is 134 Å². The number of nitrogens with two attached hydrogens (primary N) is 2. The fourth-order valence-corrected chi connectivity index (χ4v) is 4.70. The Balaban J connectivity index is 1.83. The molecule has 2 aliphatic carbocycles. The molecule has 0 aliphatic heterocycles. The average Bonchev–Trinajstić information content (AvgIpc) is 3.06. The van der Waals surface area contributed by atoms with Crippen molar-refractivity contribution >= 4 is 16.8 Å². The fraction of sp³-hybridized carbons (Fsp3) is 0.500. The number of aryl methyl sites for hydroxylation is 1. The molecule has 1 unspecified atom stereocenters. The summed E-state index contributed by atoms with van der Waals surface area (Å²) in [6.45, 7) is 0. The number of aromatic nitrogens is 1. The van der Waals surface area contributed by atoms with E-state index >= 15 is 0 Å². The van der Waals surface area contributed by atoms with Gasteiger partial charge in [-0.25, -0.2) is 4.39 Å². The number of hydrogen-bond acceptors (Lipinski definition) is 2. The number of fused-ring (bicyclic) bond motifs is 3. The Morgan fingerprint density at radius 3 is 2.83 bits per heavy atom. The number of carbonyl (C=O) groups excluding carboxylic acids is 1. The zero-order valence-corrected chi connectivity index (χ0v) is 13.1. The van der Waals surface area contributed by atoms with E-state index in [1.165, 1.54) is 30.5 Å². The van der Waals surface area contributed by atoms with Gasteiger partial charge in [-0.2, -0.15) is 0 Å². The molecule has 3 atom stereocenters. The summed E-state index contributed by atoms with van der Waals surface area (Å²) in [6.07, 6.45) is 6.51. The summed E-state index contributed by atoms with van der Waals surface area (Å²) < 4.78 is 14.0. The lowest BCUT2D eigenvalue weighted by molar-refractivity contribution is 0.100. The second-order valence-electron chi connectivity index (χ2n) is 7.09. The smallest absolute Gasteiger partial charge is 0.250 e. The van der Waals surface area contributed by atoms with E-state index < -0.39 is 11.7 Å². The van der Waals surface area contributed by atoms with Crippen LogP contribution in [0.2, 0.25) is 0 Å². The minimum Gasteiger partial charge on any atom is -0.366 e. The molecule has 4 nitrogen and oxygen atoms in total. The monoisotopic (exact) mass is 315 g/mol. The predicted molar refractivity (Wildman–Crippen MR) is 87.8 cm³/mol. The molecule has 1 heterocycles. The fourth-order valence-electron chi connectivity index (χ4n) is 4.70. The van der Waals surface area contributed by atoms with Crippen molar-refractivity contribution in [1.82, 2.24) is 4.98 Å². The number of nitrogens with one attached hydrogen (secondary N) is 1. The third kappa shape index (κ3) is 2.34. The molecule has 0 radical (unpaired) electrons. The van der Waals surface area contributed by atoms with Gasteiger partial charge < -0.3 is 16.5 Å². The quantitative estimate of drug-likeness (QED) is 0.796. The lowest BCUT2D eigenvalue weighted by atomic mass is 9.75. The van der Waals surface area contributed by atoms with Gasteiger partial charge in [-0.1, -0.05) is 6.42 Å². The molecule has 5 N–H and O–H groups in total. The molecule has 1 saturated carbocycles. The van der Waals surface area contributed by atoms with E-state index in [-0.39, 0.29) is 11.6 Å². The first kappa shape index (κ1) is 14.7. The van der Waals surface area contributed by atoms with Gasteiger partial charge in [0.25, 0.3) is 5.91 Å². The maximum Gasteiger partial charge on any atom is 0.250 e. The number of carbonyl (C=O) groups is 1. The van der Waals surface area contributed by atoms with Crippen LogP contribution in [0.15, 0.2) is 12.1 Å². The highest BCUT2D eigenvalue weighted by atomic mass is 19.1. The largest absolute Gasteiger partial charge is 0.366 e. The lowest BCUT2D eigenvalue weighted by Gasteiger charge is -2.31. The van der Waals surface area contributed by atoms with Crippen molar-refractivity contribution < 1.29 is 9.18 Å². The molecule has 1 fully saturated rings. The van der Waals surface area contributed by atoms with Crippen LogP contribution in [0.5, 0.6) is 0 Å². The van der Waals surface area contributed by atoms with Crippen LogP contribution < -0.4 is 11.5 Å². The maximum absolute atomic E-state index is 14.0. The summed E-state index contributed by atoms with van der Waals surface area (Å²) in [5, 5.41) is 0.829. The van der Waals surface area contributed by atoms with Crippen molar-refractivity contribution in [3.8, 4) is 0 Å². The van der Waals surface area contributed by atoms with Crippen LogP contribution in [-0.2, 0) is 6.42 Å². The van der Waals surface area contributed by atoms with Crippen LogP contribution in [0.25, 0.3) is 10.9 Å². The number of H-pyrrole nitrogens is 1. The Bertz CT molecular complexity index is 782. The van der Waals surface area contributed by atoms with Crippen molar-refractivity contribution in [2.45, 2.75) is 50.5 Å². The first-order chi connectivity index (χ1) is 11.0. The molecule has 23 heavy (non-hydrogen) atoms. The van der Waals surface area contributed by atoms with Crippen LogP contribution in [0.4, 0.5) is 4.39 Å². The molecule has 1 amide bonds. The van der Waals surface area contributed by atoms with Crippen molar-refractivity contribution in [3.05, 3.63) is 34.8 Å². The van der Waals surface area contributed by atoms with Crippen LogP contribution in [-0.4, -0.2) is 16.9 Å². The van der Waals surface area contributed by atoms with Crippen LogP contribution in [0, 0.1) is 11.7 Å². The minimum absolute atomic E-state index is 0.244. The molecule has 4 rings (SSSR count). The van der Waals surface area contributed by atoms with Gasteiger partial charge in [-0.3, -0.25) is 4.79 Å². The normalized spacial score (nSPS) is 27.3. The van der Waals surface area contributed by atoms with Crippen molar-refractivity contribution in [1.29, 1.82) is 0 Å². The zero-order valence-electron chi connectivity index (χ0n) is 13.1. The van der Waals surface area contributed by atoms with Gasteiger partial charge in [0.2, 0.25) is 0 Å². The second-order valence-corrected chi connectivity index (χ2v) is 7.09. The molecule has 2 aromatic rings. The zero-order chi connectivity index (χ0) is 16.1. The highest BCUT2D eigenvalue weighted by Crippen LogP contribution is 2.47. The van der Waals surface area contributed by atoms with E-state index in [4.69, 9.17) is 11.5 Å². The first-order valence-corrected chi connectivity index (χ1v) is 8.44. The van der Waals surface area contributed by atoms with Crippen LogP contribution in [0.1, 0.15) is 59.6 Å². The van der Waals surface area contributed by atoms with Gasteiger partial charge in [0, 0.05) is 17.1 Å². The standard InChI is InChI=1S/C18H22FN3O/c19-10-7-13-16-12(9-2-1-3-11(20)6-9)4-5-15(16)22-17(13)14(8-10)18(21)23/h7-9,11-12,22H,1-6,20H2,(H2,21,23)/t9-,11-,12?/m0/s1. The number of aromatic amines is 1. The minimum atomic E-state index is -0.592. The number of benzene rings is 1. The van der Waals surface area contributed by atoms with E-state index in [9.17, 15) is 9.18 Å². The molecule has 1 aromatic carbocycles.